The van der Waals surface area contributed by atoms with Gasteiger partial charge in [0.2, 0.25) is 106 Å². The molecule has 660 valence electrons. The van der Waals surface area contributed by atoms with E-state index in [-0.39, 0.29) is 44.6 Å². The molecule has 1 rings (SSSR count). The Bertz CT molecular complexity index is 3700. The second-order valence-electron chi connectivity index (χ2n) is 29.1. The number of carboxylic acid groups (broad SMARTS) is 3. The minimum absolute atomic E-state index is 0.0543. The van der Waals surface area contributed by atoms with Gasteiger partial charge in [-0.25, -0.2) is 0 Å². The van der Waals surface area contributed by atoms with E-state index < -0.39 is 284 Å². The quantitative estimate of drug-likeness (QED) is 0.0269. The number of hydrogen-bond donors (Lipinski definition) is 24. The van der Waals surface area contributed by atoms with Gasteiger partial charge in [0.05, 0.1) is 32.0 Å². The van der Waals surface area contributed by atoms with Crippen molar-refractivity contribution in [2.45, 2.75) is 257 Å². The zero-order chi connectivity index (χ0) is 90.1. The fourth-order valence-corrected chi connectivity index (χ4v) is 10.8. The van der Waals surface area contributed by atoms with Crippen molar-refractivity contribution in [3.05, 3.63) is 35.9 Å². The van der Waals surface area contributed by atoms with Gasteiger partial charge in [0.25, 0.3) is 0 Å². The number of unbranched alkanes of at least 4 members (excludes halogenated alkanes) is 1. The smallest absolute Gasteiger partial charge is 0.325 e. The van der Waals surface area contributed by atoms with Crippen molar-refractivity contribution in [1.29, 1.82) is 0 Å². The van der Waals surface area contributed by atoms with Crippen molar-refractivity contribution in [1.82, 2.24) is 85.1 Å². The molecule has 118 heavy (non-hydrogen) atoms. The van der Waals surface area contributed by atoms with Gasteiger partial charge in [0.15, 0.2) is 0 Å². The molecule has 0 heterocycles. The monoisotopic (exact) mass is 1670 g/mol. The van der Waals surface area contributed by atoms with Gasteiger partial charge in [-0.1, -0.05) is 78.3 Å². The van der Waals surface area contributed by atoms with Gasteiger partial charge in [-0.2, -0.15) is 0 Å². The van der Waals surface area contributed by atoms with Crippen LogP contribution in [0.2, 0.25) is 0 Å². The molecule has 28 N–H and O–H groups in total. The van der Waals surface area contributed by atoms with Gasteiger partial charge < -0.3 is 128 Å². The molecule has 0 fully saturated rings. The van der Waals surface area contributed by atoms with Gasteiger partial charge in [-0.15, -0.1) is 0 Å². The van der Waals surface area contributed by atoms with Gasteiger partial charge in [0, 0.05) is 19.3 Å². The summed E-state index contributed by atoms with van der Waals surface area (Å²) in [6.07, 6.45) is -3.65. The second-order valence-corrected chi connectivity index (χ2v) is 29.1. The highest BCUT2D eigenvalue weighted by Gasteiger charge is 2.39. The van der Waals surface area contributed by atoms with Gasteiger partial charge in [-0.05, 0) is 110 Å². The SMILES string of the molecule is CC[C@H](C)[C@H](NC(=O)[C@H](CC(N)=O)NC(=O)[C@H](C)NC(=O)[C@H](CC(C)C)NC(=O)[C@H](C)NC(=O)CNC(=O)[C@H](CCC(N)=O)NC(=O)[C@H](C)NC(=O)[C@H](CCC(=O)O)NC(=O)[C@H](Cc1ccccc1)NC(=O)[C@H](CO)NC(=O)[C@H](C)N)C(=O)N[C@@H](C)C(=O)N[C@H](C(=O)N[C@@H](CC(=O)O)C(=O)N[C@@H](CCCCN)C(=O)N[C@@H](C)C(=O)O)C(C)C. The number of rotatable bonds is 55. The number of nitrogens with two attached hydrogens (primary N) is 4. The highest BCUT2D eigenvalue weighted by molar-refractivity contribution is 6.02. The van der Waals surface area contributed by atoms with E-state index in [2.05, 4.69) is 85.1 Å². The number of nitrogens with one attached hydrogen (secondary N) is 16. The Labute approximate surface area is 681 Å². The summed E-state index contributed by atoms with van der Waals surface area (Å²) in [5, 5.41) is 76.0. The molecule has 0 aliphatic rings. The van der Waals surface area contributed by atoms with Crippen molar-refractivity contribution in [3.8, 4) is 0 Å². The number of aliphatic hydroxyl groups is 1. The third-order valence-corrected chi connectivity index (χ3v) is 17.9. The normalized spacial score (nSPS) is 15.4. The summed E-state index contributed by atoms with van der Waals surface area (Å²) in [4.78, 5) is 277. The van der Waals surface area contributed by atoms with Crippen LogP contribution < -0.4 is 108 Å². The number of hydrogen-bond acceptors (Lipinski definition) is 24. The van der Waals surface area contributed by atoms with Crippen molar-refractivity contribution in [3.63, 3.8) is 0 Å². The van der Waals surface area contributed by atoms with Crippen molar-refractivity contribution in [2.24, 2.45) is 40.7 Å². The van der Waals surface area contributed by atoms with E-state index in [0.717, 1.165) is 6.92 Å². The van der Waals surface area contributed by atoms with Crippen LogP contribution in [0, 0.1) is 17.8 Å². The van der Waals surface area contributed by atoms with Crippen LogP contribution in [-0.2, 0) is 107 Å². The van der Waals surface area contributed by atoms with Crippen LogP contribution in [-0.4, -0.2) is 261 Å². The van der Waals surface area contributed by atoms with E-state index in [1.54, 1.807) is 51.1 Å². The number of primary amides is 2. The molecule has 0 radical (unpaired) electrons. The molecule has 0 unspecified atom stereocenters. The minimum atomic E-state index is -1.85. The average Bonchev–Trinajstić information content (AvgIpc) is 0.852. The van der Waals surface area contributed by atoms with E-state index >= 15 is 0 Å². The Balaban J connectivity index is 3.24. The number of amides is 18. The van der Waals surface area contributed by atoms with Crippen molar-refractivity contribution >= 4 is 124 Å². The Morgan fingerprint density at radius 2 is 0.780 bits per heavy atom. The number of aliphatic hydroxyl groups excluding tert-OH is 1. The standard InChI is InChI=1S/C73H118N20O25/c1-13-35(6)57(72(116)82-40(11)62(106)92-56(34(4)5)71(115)90-49(30-55(100)101)68(112)85-43(21-17-18-26-74)64(108)83-41(12)73(117)118)93-69(113)48(29-52(77)96)88-61(105)39(10)81-66(110)46(27-33(2)3)87-59(103)37(8)79-53(97)31-78-63(107)44(22-24-51(76)95)84-60(104)38(9)80-65(109)45(23-25-54(98)99)86-67(111)47(28-42-19-15-14-16-20-42)89-70(114)50(32-94)91-58(102)36(7)75/h14-16,19-20,33-41,43-50,56-57,94H,13,17-18,21-32,74-75H2,1-12H3,(H2,76,95)(H2,77,96)(H,78,107)(H,79,97)(H,80,109)(H,81,110)(H,82,116)(H,83,108)(H,84,104)(H,85,112)(H,86,111)(H,87,103)(H,88,105)(H,89,114)(H,90,115)(H,91,102)(H,92,106)(H,93,113)(H,98,99)(H,100,101)(H,117,118)/t35-,36-,37-,38-,39-,40-,41-,43-,44-,45-,46-,47-,48-,49-,50-,56-,57-/m0/s1. The van der Waals surface area contributed by atoms with E-state index in [1.807, 2.05) is 0 Å². The van der Waals surface area contributed by atoms with Crippen LogP contribution >= 0.6 is 0 Å². The second kappa shape index (κ2) is 52.5. The molecular weight excluding hydrogens is 1560 g/mol. The summed E-state index contributed by atoms with van der Waals surface area (Å²) in [6, 6.07) is -16.4. The highest BCUT2D eigenvalue weighted by Crippen LogP contribution is 2.14. The molecule has 0 saturated carbocycles. The molecule has 0 bridgehead atoms. The number of carbonyl (C=O) groups excluding carboxylic acids is 18. The van der Waals surface area contributed by atoms with Gasteiger partial charge in [0.1, 0.15) is 90.6 Å². The molecule has 17 atom stereocenters. The highest BCUT2D eigenvalue weighted by atomic mass is 16.4. The molecule has 0 spiro atoms. The lowest BCUT2D eigenvalue weighted by Gasteiger charge is -2.29. The molecule has 1 aromatic carbocycles. The first-order valence-electron chi connectivity index (χ1n) is 38.2. The Morgan fingerprint density at radius 1 is 0.381 bits per heavy atom. The van der Waals surface area contributed by atoms with E-state index in [1.165, 1.54) is 55.4 Å². The summed E-state index contributed by atoms with van der Waals surface area (Å²) in [5.74, 6) is -24.7. The Morgan fingerprint density at radius 3 is 1.26 bits per heavy atom. The molecule has 0 aliphatic heterocycles. The summed E-state index contributed by atoms with van der Waals surface area (Å²) in [7, 11) is 0. The van der Waals surface area contributed by atoms with Gasteiger partial charge >= 0.3 is 17.9 Å². The predicted molar refractivity (Wildman–Crippen MR) is 417 cm³/mol. The lowest BCUT2D eigenvalue weighted by Crippen LogP contribution is -2.61. The Kier molecular flexibility index (Phi) is 46.3. The molecule has 0 saturated heterocycles. The first kappa shape index (κ1) is 104. The molecule has 45 heteroatoms. The third kappa shape index (κ3) is 39.1. The summed E-state index contributed by atoms with van der Waals surface area (Å²) in [5.41, 5.74) is 22.5. The Hall–Kier alpha value is -12.0. The molecule has 0 aromatic heterocycles. The van der Waals surface area contributed by atoms with Crippen LogP contribution in [0.1, 0.15) is 159 Å². The number of aliphatic carboxylic acids is 3. The third-order valence-electron chi connectivity index (χ3n) is 17.9. The molecule has 1 aromatic rings. The van der Waals surface area contributed by atoms with Gasteiger partial charge in [-0.3, -0.25) is 101 Å². The maximum Gasteiger partial charge on any atom is 0.325 e. The average molecular weight is 1680 g/mol. The molecule has 45 nitrogen and oxygen atoms in total. The van der Waals surface area contributed by atoms with Crippen LogP contribution in [0.3, 0.4) is 0 Å². The lowest BCUT2D eigenvalue weighted by molar-refractivity contribution is -0.143. The number of carbonyl (C=O) groups is 21. The first-order chi connectivity index (χ1) is 55.1. The van der Waals surface area contributed by atoms with E-state index in [9.17, 15) is 121 Å². The number of benzene rings is 1. The summed E-state index contributed by atoms with van der Waals surface area (Å²) >= 11 is 0. The first-order valence-corrected chi connectivity index (χ1v) is 38.2. The minimum Gasteiger partial charge on any atom is -0.481 e. The lowest BCUT2D eigenvalue weighted by atomic mass is 9.97. The number of carboxylic acids is 3. The summed E-state index contributed by atoms with van der Waals surface area (Å²) < 4.78 is 0. The van der Waals surface area contributed by atoms with Crippen LogP contribution in [0.4, 0.5) is 0 Å². The van der Waals surface area contributed by atoms with Crippen molar-refractivity contribution in [2.75, 3.05) is 19.7 Å². The zero-order valence-electron chi connectivity index (χ0n) is 68.1. The maximum absolute atomic E-state index is 14.0. The fraction of sp³-hybridized carbons (Fsp3) is 0.630. The van der Waals surface area contributed by atoms with Crippen LogP contribution in [0.5, 0.6) is 0 Å². The largest absolute Gasteiger partial charge is 0.481 e. The fourth-order valence-electron chi connectivity index (χ4n) is 10.8. The van der Waals surface area contributed by atoms with E-state index in [4.69, 9.17) is 22.9 Å². The van der Waals surface area contributed by atoms with Crippen LogP contribution in [0.25, 0.3) is 0 Å². The molecule has 0 aliphatic carbocycles. The van der Waals surface area contributed by atoms with E-state index in [0.29, 0.717) is 12.0 Å². The maximum atomic E-state index is 14.0. The van der Waals surface area contributed by atoms with Crippen LogP contribution in [0.15, 0.2) is 30.3 Å². The topological polar surface area (TPSA) is 736 Å². The molecular formula is C73H118N20O25. The van der Waals surface area contributed by atoms with Crippen molar-refractivity contribution < 1.29 is 121 Å². The zero-order valence-corrected chi connectivity index (χ0v) is 68.1. The predicted octanol–water partition coefficient (Wildman–Crippen LogP) is -8.50. The summed E-state index contributed by atoms with van der Waals surface area (Å²) in [6.45, 7) is 15.1. The molecule has 18 amide bonds.